The summed E-state index contributed by atoms with van der Waals surface area (Å²) in [6.45, 7) is 1.93. The first-order valence-corrected chi connectivity index (χ1v) is 8.60. The zero-order chi connectivity index (χ0) is 19.4. The normalized spacial score (nSPS) is 15.8. The third-order valence-corrected chi connectivity index (χ3v) is 4.07. The highest BCUT2D eigenvalue weighted by Crippen LogP contribution is 2.27. The second kappa shape index (κ2) is 7.78. The van der Waals surface area contributed by atoms with Crippen molar-refractivity contribution < 1.29 is 20.1 Å². The maximum Gasteiger partial charge on any atom is 0.211 e. The lowest BCUT2D eigenvalue weighted by molar-refractivity contribution is -0.110. The smallest absolute Gasteiger partial charge is 0.211 e. The number of benzene rings is 2. The number of carbonyl (C=O) groups is 1. The Morgan fingerprint density at radius 1 is 0.926 bits per heavy atom. The van der Waals surface area contributed by atoms with E-state index in [2.05, 4.69) is 10.3 Å². The molecule has 0 heterocycles. The third kappa shape index (κ3) is 4.17. The van der Waals surface area contributed by atoms with E-state index >= 15 is 0 Å². The van der Waals surface area contributed by atoms with Gasteiger partial charge in [0.25, 0.3) is 0 Å². The fourth-order valence-corrected chi connectivity index (χ4v) is 2.72. The van der Waals surface area contributed by atoms with Crippen molar-refractivity contribution in [3.8, 4) is 11.5 Å². The summed E-state index contributed by atoms with van der Waals surface area (Å²) in [5.41, 5.74) is 2.04. The van der Waals surface area contributed by atoms with Crippen molar-refractivity contribution in [2.75, 3.05) is 5.32 Å². The molecule has 1 aliphatic carbocycles. The van der Waals surface area contributed by atoms with E-state index in [1.165, 1.54) is 30.3 Å². The number of phenolic OH excluding ortho intramolecular Hbond substituents is 2. The second-order valence-electron chi connectivity index (χ2n) is 6.15. The van der Waals surface area contributed by atoms with Crippen molar-refractivity contribution in [1.29, 1.82) is 0 Å². The molecule has 0 aliphatic heterocycles. The molecular formula is C21H20N2O4. The highest BCUT2D eigenvalue weighted by Gasteiger charge is 2.27. The van der Waals surface area contributed by atoms with Crippen molar-refractivity contribution in [1.82, 2.24) is 0 Å². The minimum atomic E-state index is -0.321. The fourth-order valence-electron chi connectivity index (χ4n) is 2.72. The fraction of sp³-hybridized carbons (Fsp3) is 0.143. The van der Waals surface area contributed by atoms with E-state index < -0.39 is 0 Å². The van der Waals surface area contributed by atoms with Crippen LogP contribution >= 0.6 is 0 Å². The Morgan fingerprint density at radius 2 is 1.52 bits per heavy atom. The predicted octanol–water partition coefficient (Wildman–Crippen LogP) is 4.36. The number of anilines is 1. The molecule has 2 aromatic rings. The molecule has 6 heteroatoms. The van der Waals surface area contributed by atoms with E-state index in [0.717, 1.165) is 0 Å². The first-order valence-electron chi connectivity index (χ1n) is 8.60. The van der Waals surface area contributed by atoms with E-state index in [9.17, 15) is 20.1 Å². The molecule has 3 rings (SSSR count). The van der Waals surface area contributed by atoms with Crippen molar-refractivity contribution in [3.05, 3.63) is 71.6 Å². The molecule has 0 bridgehead atoms. The summed E-state index contributed by atoms with van der Waals surface area (Å²) in [5, 5.41) is 32.4. The van der Waals surface area contributed by atoms with Crippen LogP contribution < -0.4 is 5.32 Å². The number of aliphatic imine (C=N–C) groups is 1. The lowest BCUT2D eigenvalue weighted by atomic mass is 9.94. The largest absolute Gasteiger partial charge is 0.508 e. The quantitative estimate of drug-likeness (QED) is 0.466. The Morgan fingerprint density at radius 3 is 2.11 bits per heavy atom. The average molecular weight is 364 g/mol. The number of nitrogens with zero attached hydrogens (tertiary/aromatic N) is 1. The topological polar surface area (TPSA) is 102 Å². The number of phenols is 2. The molecule has 0 amide bonds. The van der Waals surface area contributed by atoms with Gasteiger partial charge in [0.1, 0.15) is 23.0 Å². The highest BCUT2D eigenvalue weighted by molar-refractivity contribution is 6.51. The number of ketones is 1. The minimum absolute atomic E-state index is 0.0976. The van der Waals surface area contributed by atoms with E-state index in [1.54, 1.807) is 24.3 Å². The van der Waals surface area contributed by atoms with Gasteiger partial charge in [-0.2, -0.15) is 0 Å². The van der Waals surface area contributed by atoms with Gasteiger partial charge in [0, 0.05) is 11.3 Å². The molecule has 1 aliphatic rings. The average Bonchev–Trinajstić information content (AvgIpc) is 2.66. The van der Waals surface area contributed by atoms with E-state index in [0.29, 0.717) is 35.5 Å². The van der Waals surface area contributed by atoms with Crippen LogP contribution in [0.15, 0.2) is 76.6 Å². The summed E-state index contributed by atoms with van der Waals surface area (Å²) >= 11 is 0. The molecule has 138 valence electrons. The molecule has 6 nitrogen and oxygen atoms in total. The van der Waals surface area contributed by atoms with Gasteiger partial charge in [0.15, 0.2) is 0 Å². The Bertz CT molecular complexity index is 939. The Balaban J connectivity index is 2.00. The van der Waals surface area contributed by atoms with Crippen LogP contribution in [0.1, 0.15) is 19.8 Å². The minimum Gasteiger partial charge on any atom is -0.508 e. The molecule has 0 spiro atoms. The summed E-state index contributed by atoms with van der Waals surface area (Å²) in [7, 11) is 0. The standard InChI is InChI=1S/C21H20N2O4/c1-2-3-17-20(26)18(22-13-4-8-15(24)9-5-13)12-19(21(17)27)23-14-6-10-16(25)11-7-14/h4-12,22,24-26H,2-3H2,1H3. The van der Waals surface area contributed by atoms with Gasteiger partial charge in [-0.25, -0.2) is 4.99 Å². The number of Topliss-reactive ketones (excluding diaryl/α,β-unsaturated/α-hetero) is 1. The number of rotatable bonds is 5. The predicted molar refractivity (Wildman–Crippen MR) is 105 cm³/mol. The van der Waals surface area contributed by atoms with E-state index in [-0.39, 0.29) is 28.8 Å². The number of hydrogen-bond donors (Lipinski definition) is 4. The van der Waals surface area contributed by atoms with Gasteiger partial charge in [-0.1, -0.05) is 13.3 Å². The number of aliphatic hydroxyl groups is 1. The molecule has 0 saturated carbocycles. The van der Waals surface area contributed by atoms with Crippen molar-refractivity contribution in [2.45, 2.75) is 19.8 Å². The van der Waals surface area contributed by atoms with Gasteiger partial charge in [-0.15, -0.1) is 0 Å². The van der Waals surface area contributed by atoms with Crippen LogP contribution in [0.2, 0.25) is 0 Å². The Kier molecular flexibility index (Phi) is 5.26. The molecule has 2 aromatic carbocycles. The van der Waals surface area contributed by atoms with Gasteiger partial charge < -0.3 is 20.6 Å². The van der Waals surface area contributed by atoms with Gasteiger partial charge in [0.05, 0.1) is 11.4 Å². The summed E-state index contributed by atoms with van der Waals surface area (Å²) in [4.78, 5) is 17.1. The maximum absolute atomic E-state index is 12.7. The Labute approximate surface area is 156 Å². The molecule has 0 saturated heterocycles. The van der Waals surface area contributed by atoms with Crippen LogP contribution in [0, 0.1) is 0 Å². The molecule has 27 heavy (non-hydrogen) atoms. The van der Waals surface area contributed by atoms with Crippen molar-refractivity contribution in [2.24, 2.45) is 4.99 Å². The number of aliphatic hydroxyl groups excluding tert-OH is 1. The molecular weight excluding hydrogens is 344 g/mol. The molecule has 4 N–H and O–H groups in total. The summed E-state index contributed by atoms with van der Waals surface area (Å²) in [5.74, 6) is -0.170. The van der Waals surface area contributed by atoms with Gasteiger partial charge in [-0.05, 0) is 61.0 Å². The number of hydrogen-bond acceptors (Lipinski definition) is 6. The highest BCUT2D eigenvalue weighted by atomic mass is 16.3. The van der Waals surface area contributed by atoms with Crippen LogP contribution in [0.5, 0.6) is 11.5 Å². The zero-order valence-electron chi connectivity index (χ0n) is 14.8. The monoisotopic (exact) mass is 364 g/mol. The van der Waals surface area contributed by atoms with Crippen LogP contribution in [0.4, 0.5) is 11.4 Å². The summed E-state index contributed by atoms with van der Waals surface area (Å²) in [6.07, 6.45) is 2.62. The van der Waals surface area contributed by atoms with Gasteiger partial charge in [-0.3, -0.25) is 4.79 Å². The van der Waals surface area contributed by atoms with Gasteiger partial charge >= 0.3 is 0 Å². The van der Waals surface area contributed by atoms with Crippen LogP contribution in [0.3, 0.4) is 0 Å². The Hall–Kier alpha value is -3.54. The lowest BCUT2D eigenvalue weighted by Gasteiger charge is -2.19. The van der Waals surface area contributed by atoms with Crippen LogP contribution in [-0.2, 0) is 4.79 Å². The van der Waals surface area contributed by atoms with Crippen molar-refractivity contribution in [3.63, 3.8) is 0 Å². The SMILES string of the molecule is CCCC1=C(O)C(Nc2ccc(O)cc2)=CC(=Nc2ccc(O)cc2)C1=O. The van der Waals surface area contributed by atoms with E-state index in [4.69, 9.17) is 0 Å². The van der Waals surface area contributed by atoms with Crippen molar-refractivity contribution >= 4 is 22.9 Å². The molecule has 0 aromatic heterocycles. The second-order valence-corrected chi connectivity index (χ2v) is 6.15. The first kappa shape index (κ1) is 18.3. The maximum atomic E-state index is 12.7. The first-order chi connectivity index (χ1) is 13.0. The third-order valence-electron chi connectivity index (χ3n) is 4.07. The number of carbonyl (C=O) groups excluding carboxylic acids is 1. The molecule has 0 atom stereocenters. The number of allylic oxidation sites excluding steroid dienone is 2. The number of aromatic hydroxyl groups is 2. The lowest BCUT2D eigenvalue weighted by Crippen LogP contribution is -2.24. The summed E-state index contributed by atoms with van der Waals surface area (Å²) in [6, 6.07) is 12.6. The van der Waals surface area contributed by atoms with Crippen LogP contribution in [-0.4, -0.2) is 26.8 Å². The van der Waals surface area contributed by atoms with E-state index in [1.807, 2.05) is 6.92 Å². The van der Waals surface area contributed by atoms with Gasteiger partial charge in [0.2, 0.25) is 5.78 Å². The molecule has 0 fully saturated rings. The molecule has 0 unspecified atom stereocenters. The number of nitrogens with one attached hydrogen (secondary N) is 1. The van der Waals surface area contributed by atoms with Crippen LogP contribution in [0.25, 0.3) is 0 Å². The molecule has 0 radical (unpaired) electrons. The summed E-state index contributed by atoms with van der Waals surface area (Å²) < 4.78 is 0. The zero-order valence-corrected chi connectivity index (χ0v) is 14.8.